The van der Waals surface area contributed by atoms with Crippen LogP contribution in [0.2, 0.25) is 0 Å². The second-order valence-electron chi connectivity index (χ2n) is 4.64. The van der Waals surface area contributed by atoms with E-state index < -0.39 is 0 Å². The molecule has 0 aliphatic rings. The van der Waals surface area contributed by atoms with E-state index >= 15 is 0 Å². The Morgan fingerprint density at radius 3 is 2.24 bits per heavy atom. The molecule has 0 aliphatic heterocycles. The van der Waals surface area contributed by atoms with Gasteiger partial charge in [0.1, 0.15) is 0 Å². The summed E-state index contributed by atoms with van der Waals surface area (Å²) in [6, 6.07) is 4.11. The highest BCUT2D eigenvalue weighted by molar-refractivity contribution is 5.97. The molecule has 0 radical (unpaired) electrons. The highest BCUT2D eigenvalue weighted by atomic mass is 16.2. The van der Waals surface area contributed by atoms with E-state index in [2.05, 4.69) is 12.1 Å². The standard InChI is InChI=1S/C14H22N2O/c1-10-8-11(2)13(12(3)9-10)14(17)16(4)7-5-6-15/h8-9H,5-7,15H2,1-4H3. The number of nitrogens with two attached hydrogens (primary N) is 1. The van der Waals surface area contributed by atoms with Crippen molar-refractivity contribution >= 4 is 5.91 Å². The molecule has 0 saturated carbocycles. The van der Waals surface area contributed by atoms with Crippen molar-refractivity contribution in [2.75, 3.05) is 20.1 Å². The van der Waals surface area contributed by atoms with Crippen LogP contribution >= 0.6 is 0 Å². The number of hydrogen-bond donors (Lipinski definition) is 1. The molecule has 0 fully saturated rings. The van der Waals surface area contributed by atoms with Crippen LogP contribution in [0.15, 0.2) is 12.1 Å². The predicted octanol–water partition coefficient (Wildman–Crippen LogP) is 2.03. The number of nitrogens with zero attached hydrogens (tertiary/aromatic N) is 1. The molecule has 0 unspecified atom stereocenters. The summed E-state index contributed by atoms with van der Waals surface area (Å²) in [4.78, 5) is 14.0. The van der Waals surface area contributed by atoms with E-state index in [4.69, 9.17) is 5.73 Å². The molecule has 94 valence electrons. The van der Waals surface area contributed by atoms with Crippen LogP contribution in [-0.4, -0.2) is 30.9 Å². The lowest BCUT2D eigenvalue weighted by atomic mass is 9.99. The van der Waals surface area contributed by atoms with E-state index in [-0.39, 0.29) is 5.91 Å². The smallest absolute Gasteiger partial charge is 0.254 e. The second-order valence-corrected chi connectivity index (χ2v) is 4.64. The monoisotopic (exact) mass is 234 g/mol. The summed E-state index contributed by atoms with van der Waals surface area (Å²) >= 11 is 0. The van der Waals surface area contributed by atoms with Gasteiger partial charge in [-0.25, -0.2) is 0 Å². The van der Waals surface area contributed by atoms with Crippen molar-refractivity contribution in [1.29, 1.82) is 0 Å². The summed E-state index contributed by atoms with van der Waals surface area (Å²) in [6.45, 7) is 7.35. The Kier molecular flexibility index (Phi) is 4.70. The quantitative estimate of drug-likeness (QED) is 0.866. The van der Waals surface area contributed by atoms with Gasteiger partial charge in [0.05, 0.1) is 0 Å². The average Bonchev–Trinajstić information content (AvgIpc) is 2.24. The normalized spacial score (nSPS) is 10.4. The first kappa shape index (κ1) is 13.7. The van der Waals surface area contributed by atoms with Gasteiger partial charge in [0.2, 0.25) is 0 Å². The molecule has 1 amide bonds. The predicted molar refractivity (Wildman–Crippen MR) is 71.3 cm³/mol. The van der Waals surface area contributed by atoms with Gasteiger partial charge < -0.3 is 10.6 Å². The molecule has 2 N–H and O–H groups in total. The molecule has 0 aromatic heterocycles. The zero-order valence-corrected chi connectivity index (χ0v) is 11.2. The van der Waals surface area contributed by atoms with Crippen LogP contribution in [0.3, 0.4) is 0 Å². The maximum Gasteiger partial charge on any atom is 0.254 e. The Bertz CT molecular complexity index is 390. The first-order valence-electron chi connectivity index (χ1n) is 6.00. The topological polar surface area (TPSA) is 46.3 Å². The number of aryl methyl sites for hydroxylation is 3. The fourth-order valence-electron chi connectivity index (χ4n) is 2.14. The zero-order chi connectivity index (χ0) is 13.0. The van der Waals surface area contributed by atoms with Crippen LogP contribution in [0.25, 0.3) is 0 Å². The van der Waals surface area contributed by atoms with Gasteiger partial charge in [0.15, 0.2) is 0 Å². The van der Waals surface area contributed by atoms with Crippen molar-refractivity contribution in [3.8, 4) is 0 Å². The van der Waals surface area contributed by atoms with Crippen molar-refractivity contribution in [2.24, 2.45) is 5.73 Å². The first-order valence-corrected chi connectivity index (χ1v) is 6.00. The van der Waals surface area contributed by atoms with E-state index in [0.717, 1.165) is 23.1 Å². The van der Waals surface area contributed by atoms with Crippen LogP contribution < -0.4 is 5.73 Å². The molecule has 0 bridgehead atoms. The van der Waals surface area contributed by atoms with Crippen LogP contribution in [0.4, 0.5) is 0 Å². The molecule has 1 aromatic rings. The van der Waals surface area contributed by atoms with E-state index in [9.17, 15) is 4.79 Å². The highest BCUT2D eigenvalue weighted by Gasteiger charge is 2.16. The molecule has 0 heterocycles. The van der Waals surface area contributed by atoms with E-state index in [1.807, 2.05) is 27.8 Å². The molecule has 1 rings (SSSR count). The number of benzene rings is 1. The molecule has 3 nitrogen and oxygen atoms in total. The highest BCUT2D eigenvalue weighted by Crippen LogP contribution is 2.18. The number of carbonyl (C=O) groups is 1. The number of rotatable bonds is 4. The van der Waals surface area contributed by atoms with Crippen molar-refractivity contribution < 1.29 is 4.79 Å². The molecular weight excluding hydrogens is 212 g/mol. The summed E-state index contributed by atoms with van der Waals surface area (Å²) in [5.74, 6) is 0.0912. The van der Waals surface area contributed by atoms with Gasteiger partial charge in [-0.15, -0.1) is 0 Å². The van der Waals surface area contributed by atoms with E-state index in [0.29, 0.717) is 13.1 Å². The van der Waals surface area contributed by atoms with Crippen molar-refractivity contribution in [3.63, 3.8) is 0 Å². The van der Waals surface area contributed by atoms with Crippen LogP contribution in [-0.2, 0) is 0 Å². The van der Waals surface area contributed by atoms with E-state index in [1.54, 1.807) is 4.90 Å². The molecule has 0 aliphatic carbocycles. The minimum Gasteiger partial charge on any atom is -0.342 e. The van der Waals surface area contributed by atoms with Crippen molar-refractivity contribution in [1.82, 2.24) is 4.90 Å². The van der Waals surface area contributed by atoms with Crippen LogP contribution in [0, 0.1) is 20.8 Å². The Morgan fingerprint density at radius 2 is 1.76 bits per heavy atom. The maximum absolute atomic E-state index is 12.3. The number of hydrogen-bond acceptors (Lipinski definition) is 2. The second kappa shape index (κ2) is 5.82. The molecule has 0 atom stereocenters. The average molecular weight is 234 g/mol. The summed E-state index contributed by atoms with van der Waals surface area (Å²) in [7, 11) is 1.83. The van der Waals surface area contributed by atoms with Gasteiger partial charge in [0, 0.05) is 19.2 Å². The molecule has 3 heteroatoms. The van der Waals surface area contributed by atoms with Crippen molar-refractivity contribution in [3.05, 3.63) is 34.4 Å². The van der Waals surface area contributed by atoms with Gasteiger partial charge in [-0.05, 0) is 44.9 Å². The third-order valence-corrected chi connectivity index (χ3v) is 2.94. The summed E-state index contributed by atoms with van der Waals surface area (Å²) in [5, 5.41) is 0. The summed E-state index contributed by atoms with van der Waals surface area (Å²) in [5.41, 5.74) is 9.58. The van der Waals surface area contributed by atoms with Gasteiger partial charge in [-0.2, -0.15) is 0 Å². The van der Waals surface area contributed by atoms with Gasteiger partial charge in [-0.3, -0.25) is 4.79 Å². The summed E-state index contributed by atoms with van der Waals surface area (Å²) in [6.07, 6.45) is 0.839. The van der Waals surface area contributed by atoms with Gasteiger partial charge >= 0.3 is 0 Å². The van der Waals surface area contributed by atoms with E-state index in [1.165, 1.54) is 5.56 Å². The Labute approximate surface area is 104 Å². The van der Waals surface area contributed by atoms with Gasteiger partial charge in [0.25, 0.3) is 5.91 Å². The fraction of sp³-hybridized carbons (Fsp3) is 0.500. The Balaban J connectivity index is 2.96. The molecule has 0 saturated heterocycles. The summed E-state index contributed by atoms with van der Waals surface area (Å²) < 4.78 is 0. The Morgan fingerprint density at radius 1 is 1.24 bits per heavy atom. The zero-order valence-electron chi connectivity index (χ0n) is 11.2. The molecule has 17 heavy (non-hydrogen) atoms. The molecule has 0 spiro atoms. The lowest BCUT2D eigenvalue weighted by Crippen LogP contribution is -2.30. The number of amides is 1. The SMILES string of the molecule is Cc1cc(C)c(C(=O)N(C)CCCN)c(C)c1. The Hall–Kier alpha value is -1.35. The lowest BCUT2D eigenvalue weighted by molar-refractivity contribution is 0.0793. The largest absolute Gasteiger partial charge is 0.342 e. The minimum atomic E-state index is 0.0912. The third-order valence-electron chi connectivity index (χ3n) is 2.94. The minimum absolute atomic E-state index is 0.0912. The number of carbonyl (C=O) groups excluding carboxylic acids is 1. The fourth-order valence-corrected chi connectivity index (χ4v) is 2.14. The lowest BCUT2D eigenvalue weighted by Gasteiger charge is -2.19. The van der Waals surface area contributed by atoms with Crippen LogP contribution in [0.1, 0.15) is 33.5 Å². The first-order chi connectivity index (χ1) is 7.97. The third kappa shape index (κ3) is 3.30. The van der Waals surface area contributed by atoms with Crippen molar-refractivity contribution in [2.45, 2.75) is 27.2 Å². The van der Waals surface area contributed by atoms with Crippen LogP contribution in [0.5, 0.6) is 0 Å². The molecule has 1 aromatic carbocycles. The van der Waals surface area contributed by atoms with Gasteiger partial charge in [-0.1, -0.05) is 17.7 Å². The maximum atomic E-state index is 12.3. The molecular formula is C14H22N2O.